The number of nitrogens with one attached hydrogen (secondary N) is 1. The van der Waals surface area contributed by atoms with Gasteiger partial charge in [-0.3, -0.25) is 5.10 Å². The molecule has 0 radical (unpaired) electrons. The average molecular weight is 336 g/mol. The summed E-state index contributed by atoms with van der Waals surface area (Å²) in [5.74, 6) is 1.18. The number of phenols is 1. The summed E-state index contributed by atoms with van der Waals surface area (Å²) >= 11 is 0. The number of nitrogens with zero attached hydrogens (tertiary/aromatic N) is 3. The van der Waals surface area contributed by atoms with Crippen molar-refractivity contribution in [2.24, 2.45) is 0 Å². The first-order chi connectivity index (χ1) is 12.1. The molecule has 0 aliphatic carbocycles. The highest BCUT2D eigenvalue weighted by molar-refractivity contribution is 5.82. The van der Waals surface area contributed by atoms with Crippen LogP contribution in [0.4, 0.5) is 0 Å². The van der Waals surface area contributed by atoms with E-state index < -0.39 is 0 Å². The maximum Gasteiger partial charge on any atom is 0.248 e. The van der Waals surface area contributed by atoms with E-state index in [1.54, 1.807) is 24.4 Å². The van der Waals surface area contributed by atoms with Crippen LogP contribution in [-0.2, 0) is 0 Å². The van der Waals surface area contributed by atoms with Crippen molar-refractivity contribution in [1.29, 1.82) is 0 Å². The van der Waals surface area contributed by atoms with E-state index in [9.17, 15) is 5.11 Å². The maximum absolute atomic E-state index is 10.1. The van der Waals surface area contributed by atoms with Gasteiger partial charge in [0.1, 0.15) is 0 Å². The predicted molar refractivity (Wildman–Crippen MR) is 92.3 cm³/mol. The molecule has 0 atom stereocenters. The molecule has 4 aromatic rings. The smallest absolute Gasteiger partial charge is 0.248 e. The molecule has 0 unspecified atom stereocenters. The van der Waals surface area contributed by atoms with Crippen molar-refractivity contribution in [3.05, 3.63) is 42.6 Å². The minimum absolute atomic E-state index is 0.0235. The standard InChI is InChI=1S/C18H16N4O3/c1-10(2)24-16-6-4-12(8-15(16)23)18-22-21-17(25-18)11-3-5-14-13(7-11)9-19-20-14/h3-10,23H,1-2H3,(H,19,20). The van der Waals surface area contributed by atoms with Gasteiger partial charge in [-0.05, 0) is 50.2 Å². The Labute approximate surface area is 143 Å². The summed E-state index contributed by atoms with van der Waals surface area (Å²) < 4.78 is 11.3. The molecule has 2 aromatic heterocycles. The van der Waals surface area contributed by atoms with Crippen LogP contribution in [0.5, 0.6) is 11.5 Å². The molecule has 7 nitrogen and oxygen atoms in total. The number of fused-ring (bicyclic) bond motifs is 1. The molecule has 7 heteroatoms. The highest BCUT2D eigenvalue weighted by Crippen LogP contribution is 2.33. The summed E-state index contributed by atoms with van der Waals surface area (Å²) in [6.45, 7) is 3.79. The number of H-pyrrole nitrogens is 1. The first-order valence-corrected chi connectivity index (χ1v) is 7.87. The van der Waals surface area contributed by atoms with Crippen LogP contribution in [-0.4, -0.2) is 31.6 Å². The van der Waals surface area contributed by atoms with Crippen LogP contribution in [0.15, 0.2) is 47.0 Å². The number of rotatable bonds is 4. The molecule has 0 saturated heterocycles. The zero-order valence-electron chi connectivity index (χ0n) is 13.7. The summed E-state index contributed by atoms with van der Waals surface area (Å²) in [5, 5.41) is 26.1. The summed E-state index contributed by atoms with van der Waals surface area (Å²) in [5.41, 5.74) is 2.36. The number of ether oxygens (including phenoxy) is 1. The van der Waals surface area contributed by atoms with E-state index in [2.05, 4.69) is 20.4 Å². The molecule has 0 spiro atoms. The second-order valence-electron chi connectivity index (χ2n) is 5.93. The molecule has 0 amide bonds. The Kier molecular flexibility index (Phi) is 3.61. The molecule has 0 aliphatic rings. The topological polar surface area (TPSA) is 97.1 Å². The number of hydrogen-bond donors (Lipinski definition) is 2. The number of hydrogen-bond acceptors (Lipinski definition) is 6. The zero-order valence-corrected chi connectivity index (χ0v) is 13.7. The van der Waals surface area contributed by atoms with Crippen molar-refractivity contribution in [2.75, 3.05) is 0 Å². The van der Waals surface area contributed by atoms with Crippen LogP contribution in [0.25, 0.3) is 33.8 Å². The van der Waals surface area contributed by atoms with E-state index in [0.29, 0.717) is 23.1 Å². The molecule has 25 heavy (non-hydrogen) atoms. The molecule has 2 aromatic carbocycles. The molecular formula is C18H16N4O3. The number of aromatic hydroxyl groups is 1. The van der Waals surface area contributed by atoms with E-state index in [4.69, 9.17) is 9.15 Å². The van der Waals surface area contributed by atoms with Gasteiger partial charge in [-0.15, -0.1) is 10.2 Å². The van der Waals surface area contributed by atoms with E-state index in [-0.39, 0.29) is 11.9 Å². The lowest BCUT2D eigenvalue weighted by Gasteiger charge is -2.11. The Morgan fingerprint density at radius 1 is 1.04 bits per heavy atom. The van der Waals surface area contributed by atoms with E-state index in [1.807, 2.05) is 32.0 Å². The van der Waals surface area contributed by atoms with Gasteiger partial charge in [0.15, 0.2) is 11.5 Å². The summed E-state index contributed by atoms with van der Waals surface area (Å²) in [6, 6.07) is 10.7. The van der Waals surface area contributed by atoms with Crippen molar-refractivity contribution >= 4 is 10.9 Å². The van der Waals surface area contributed by atoms with Crippen LogP contribution in [0.2, 0.25) is 0 Å². The third-order valence-electron chi connectivity index (χ3n) is 3.68. The van der Waals surface area contributed by atoms with Gasteiger partial charge < -0.3 is 14.3 Å². The fourth-order valence-corrected chi connectivity index (χ4v) is 2.54. The molecule has 2 N–H and O–H groups in total. The van der Waals surface area contributed by atoms with Crippen molar-refractivity contribution in [1.82, 2.24) is 20.4 Å². The van der Waals surface area contributed by atoms with E-state index in [0.717, 1.165) is 16.5 Å². The molecule has 4 rings (SSSR count). The third kappa shape index (κ3) is 2.91. The van der Waals surface area contributed by atoms with Gasteiger partial charge in [0.2, 0.25) is 11.8 Å². The average Bonchev–Trinajstić information content (AvgIpc) is 3.24. The predicted octanol–water partition coefficient (Wildman–Crippen LogP) is 3.77. The monoisotopic (exact) mass is 336 g/mol. The second-order valence-corrected chi connectivity index (χ2v) is 5.93. The van der Waals surface area contributed by atoms with E-state index >= 15 is 0 Å². The number of phenolic OH excluding ortho intramolecular Hbond substituents is 1. The van der Waals surface area contributed by atoms with Crippen LogP contribution < -0.4 is 4.74 Å². The summed E-state index contributed by atoms with van der Waals surface area (Å²) in [6.07, 6.45) is 1.71. The molecular weight excluding hydrogens is 320 g/mol. The zero-order chi connectivity index (χ0) is 17.4. The maximum atomic E-state index is 10.1. The highest BCUT2D eigenvalue weighted by Gasteiger charge is 2.14. The lowest BCUT2D eigenvalue weighted by molar-refractivity contribution is 0.232. The SMILES string of the molecule is CC(C)Oc1ccc(-c2nnc(-c3ccc4[nH]ncc4c3)o2)cc1O. The lowest BCUT2D eigenvalue weighted by Crippen LogP contribution is -2.05. The van der Waals surface area contributed by atoms with Crippen molar-refractivity contribution in [3.63, 3.8) is 0 Å². The second kappa shape index (κ2) is 5.94. The van der Waals surface area contributed by atoms with Crippen molar-refractivity contribution < 1.29 is 14.3 Å². The van der Waals surface area contributed by atoms with Crippen LogP contribution >= 0.6 is 0 Å². The minimum Gasteiger partial charge on any atom is -0.504 e. The Bertz CT molecular complexity index is 1040. The van der Waals surface area contributed by atoms with Gasteiger partial charge in [0.25, 0.3) is 0 Å². The van der Waals surface area contributed by atoms with Crippen LogP contribution in [0, 0.1) is 0 Å². The fraction of sp³-hybridized carbons (Fsp3) is 0.167. The van der Waals surface area contributed by atoms with Gasteiger partial charge in [0.05, 0.1) is 17.8 Å². The first kappa shape index (κ1) is 15.2. The van der Waals surface area contributed by atoms with Gasteiger partial charge in [-0.1, -0.05) is 0 Å². The van der Waals surface area contributed by atoms with E-state index in [1.165, 1.54) is 0 Å². The number of benzene rings is 2. The molecule has 0 bridgehead atoms. The number of aromatic nitrogens is 4. The summed E-state index contributed by atoms with van der Waals surface area (Å²) in [4.78, 5) is 0. The van der Waals surface area contributed by atoms with Gasteiger partial charge >= 0.3 is 0 Å². The van der Waals surface area contributed by atoms with Crippen LogP contribution in [0.1, 0.15) is 13.8 Å². The molecule has 2 heterocycles. The Balaban J connectivity index is 1.65. The minimum atomic E-state index is -0.0235. The first-order valence-electron chi connectivity index (χ1n) is 7.87. The summed E-state index contributed by atoms with van der Waals surface area (Å²) in [7, 11) is 0. The normalized spacial score (nSPS) is 11.3. The van der Waals surface area contributed by atoms with Crippen LogP contribution in [0.3, 0.4) is 0 Å². The Morgan fingerprint density at radius 3 is 2.48 bits per heavy atom. The molecule has 0 saturated carbocycles. The molecule has 0 fully saturated rings. The van der Waals surface area contributed by atoms with Gasteiger partial charge in [-0.25, -0.2) is 0 Å². The quantitative estimate of drug-likeness (QED) is 0.589. The van der Waals surface area contributed by atoms with Gasteiger partial charge in [-0.2, -0.15) is 5.10 Å². The van der Waals surface area contributed by atoms with Crippen molar-refractivity contribution in [3.8, 4) is 34.4 Å². The Morgan fingerprint density at radius 2 is 1.76 bits per heavy atom. The molecule has 0 aliphatic heterocycles. The number of aromatic amines is 1. The largest absolute Gasteiger partial charge is 0.504 e. The Hall–Kier alpha value is -3.35. The fourth-order valence-electron chi connectivity index (χ4n) is 2.54. The highest BCUT2D eigenvalue weighted by atomic mass is 16.5. The third-order valence-corrected chi connectivity index (χ3v) is 3.68. The molecule has 126 valence electrons. The van der Waals surface area contributed by atoms with Crippen molar-refractivity contribution in [2.45, 2.75) is 20.0 Å². The van der Waals surface area contributed by atoms with Gasteiger partial charge in [0, 0.05) is 16.5 Å². The lowest BCUT2D eigenvalue weighted by atomic mass is 10.1.